The van der Waals surface area contributed by atoms with Crippen LogP contribution < -0.4 is 15.4 Å². The Balaban J connectivity index is 1.49. The second-order valence-electron chi connectivity index (χ2n) is 9.18. The summed E-state index contributed by atoms with van der Waals surface area (Å²) in [6.45, 7) is 0.118. The van der Waals surface area contributed by atoms with Crippen LogP contribution in [0.25, 0.3) is 0 Å². The van der Waals surface area contributed by atoms with E-state index in [2.05, 4.69) is 10.6 Å². The highest BCUT2D eigenvalue weighted by Gasteiger charge is 2.46. The molecule has 2 heterocycles. The van der Waals surface area contributed by atoms with Gasteiger partial charge in [-0.3, -0.25) is 14.5 Å². The Morgan fingerprint density at radius 2 is 1.74 bits per heavy atom. The lowest BCUT2D eigenvalue weighted by molar-refractivity contribution is -0.134. The number of benzene rings is 3. The van der Waals surface area contributed by atoms with E-state index in [0.717, 1.165) is 5.56 Å². The maximum Gasteiger partial charge on any atom is 0.322 e. The molecule has 0 aromatic heterocycles. The summed E-state index contributed by atoms with van der Waals surface area (Å²) >= 11 is 6.46. The minimum absolute atomic E-state index is 0.118. The van der Waals surface area contributed by atoms with Gasteiger partial charge in [-0.1, -0.05) is 60.1 Å². The quantitative estimate of drug-likeness (QED) is 0.474. The van der Waals surface area contributed by atoms with E-state index in [1.54, 1.807) is 56.6 Å². The van der Waals surface area contributed by atoms with Gasteiger partial charge in [0.25, 0.3) is 5.91 Å². The SMILES string of the molecule is COc1ccc(NC(=O)C(Cc2ccccc2)N2CC3=C(C2=O)C(c2ccccc2Cl)NC(=O)N3C)cc1. The Labute approximate surface area is 225 Å². The number of amides is 4. The normalized spacial score (nSPS) is 17.7. The van der Waals surface area contributed by atoms with Gasteiger partial charge in [0.1, 0.15) is 11.8 Å². The molecule has 5 rings (SSSR count). The molecule has 3 aromatic rings. The molecule has 194 valence electrons. The van der Waals surface area contributed by atoms with Crippen molar-refractivity contribution in [3.63, 3.8) is 0 Å². The Bertz CT molecular complexity index is 1410. The van der Waals surface area contributed by atoms with Crippen molar-refractivity contribution in [2.24, 2.45) is 0 Å². The molecular formula is C29H27ClN4O4. The Hall–Kier alpha value is -4.30. The highest BCUT2D eigenvalue weighted by Crippen LogP contribution is 2.39. The van der Waals surface area contributed by atoms with Gasteiger partial charge in [0.2, 0.25) is 5.91 Å². The van der Waals surface area contributed by atoms with E-state index >= 15 is 0 Å². The highest BCUT2D eigenvalue weighted by atomic mass is 35.5. The third-order valence-corrected chi connectivity index (χ3v) is 7.26. The lowest BCUT2D eigenvalue weighted by Crippen LogP contribution is -2.47. The van der Waals surface area contributed by atoms with Gasteiger partial charge >= 0.3 is 6.03 Å². The summed E-state index contributed by atoms with van der Waals surface area (Å²) in [7, 11) is 3.19. The monoisotopic (exact) mass is 530 g/mol. The van der Waals surface area contributed by atoms with E-state index in [1.165, 1.54) is 9.80 Å². The summed E-state index contributed by atoms with van der Waals surface area (Å²) < 4.78 is 5.21. The fraction of sp³-hybridized carbons (Fsp3) is 0.207. The second kappa shape index (κ2) is 10.6. The molecule has 2 unspecified atom stereocenters. The van der Waals surface area contributed by atoms with Crippen LogP contribution in [0.1, 0.15) is 17.2 Å². The maximum absolute atomic E-state index is 14.0. The van der Waals surface area contributed by atoms with Crippen molar-refractivity contribution >= 4 is 35.1 Å². The molecule has 0 bridgehead atoms. The molecule has 0 fully saturated rings. The number of likely N-dealkylation sites (N-methyl/N-ethyl adjacent to an activating group) is 1. The van der Waals surface area contributed by atoms with Crippen LogP contribution in [0.2, 0.25) is 5.02 Å². The van der Waals surface area contributed by atoms with Gasteiger partial charge in [-0.05, 0) is 41.5 Å². The number of carbonyl (C=O) groups excluding carboxylic acids is 3. The van der Waals surface area contributed by atoms with Crippen LogP contribution in [0.15, 0.2) is 90.1 Å². The van der Waals surface area contributed by atoms with Gasteiger partial charge in [0, 0.05) is 24.2 Å². The molecule has 0 radical (unpaired) electrons. The van der Waals surface area contributed by atoms with Crippen molar-refractivity contribution in [3.8, 4) is 5.75 Å². The lowest BCUT2D eigenvalue weighted by atomic mass is 9.95. The number of nitrogens with zero attached hydrogens (tertiary/aromatic N) is 2. The van der Waals surface area contributed by atoms with Gasteiger partial charge in [0.15, 0.2) is 0 Å². The average Bonchev–Trinajstić information content (AvgIpc) is 3.27. The minimum Gasteiger partial charge on any atom is -0.497 e. The number of hydrogen-bond donors (Lipinski definition) is 2. The number of carbonyl (C=O) groups is 3. The standard InChI is InChI=1S/C29H27ClN4O4/c1-33-24-17-34(28(36)25(24)26(32-29(33)37)21-10-6-7-11-22(21)30)23(16-18-8-4-3-5-9-18)27(35)31-19-12-14-20(38-2)15-13-19/h3-15,23,26H,16-17H2,1-2H3,(H,31,35)(H,32,37). The Morgan fingerprint density at radius 3 is 2.42 bits per heavy atom. The summed E-state index contributed by atoms with van der Waals surface area (Å²) in [6, 6.07) is 21.8. The number of rotatable bonds is 7. The molecule has 2 aliphatic heterocycles. The molecule has 0 spiro atoms. The molecule has 3 aromatic carbocycles. The Morgan fingerprint density at radius 1 is 1.05 bits per heavy atom. The van der Waals surface area contributed by atoms with E-state index < -0.39 is 12.1 Å². The number of urea groups is 1. The van der Waals surface area contributed by atoms with Gasteiger partial charge in [-0.15, -0.1) is 0 Å². The van der Waals surface area contributed by atoms with Gasteiger partial charge < -0.3 is 20.3 Å². The molecule has 0 aliphatic carbocycles. The molecule has 0 saturated heterocycles. The molecule has 2 N–H and O–H groups in total. The summed E-state index contributed by atoms with van der Waals surface area (Å²) in [4.78, 5) is 43.5. The fourth-order valence-electron chi connectivity index (χ4n) is 4.86. The summed E-state index contributed by atoms with van der Waals surface area (Å²) in [6.07, 6.45) is 0.303. The van der Waals surface area contributed by atoms with Crippen molar-refractivity contribution in [3.05, 3.63) is 106 Å². The van der Waals surface area contributed by atoms with Crippen molar-refractivity contribution in [2.75, 3.05) is 26.0 Å². The zero-order valence-electron chi connectivity index (χ0n) is 21.0. The van der Waals surface area contributed by atoms with E-state index in [1.807, 2.05) is 36.4 Å². The third-order valence-electron chi connectivity index (χ3n) is 6.91. The first-order chi connectivity index (χ1) is 18.4. The summed E-state index contributed by atoms with van der Waals surface area (Å²) in [5.74, 6) is 0.0206. The van der Waals surface area contributed by atoms with Gasteiger partial charge in [-0.25, -0.2) is 4.79 Å². The van der Waals surface area contributed by atoms with Crippen molar-refractivity contribution < 1.29 is 19.1 Å². The Kier molecular flexibility index (Phi) is 7.07. The van der Waals surface area contributed by atoms with Crippen LogP contribution in [0, 0.1) is 0 Å². The van der Waals surface area contributed by atoms with E-state index in [0.29, 0.717) is 39.7 Å². The number of anilines is 1. The van der Waals surface area contributed by atoms with Crippen molar-refractivity contribution in [1.29, 1.82) is 0 Å². The van der Waals surface area contributed by atoms with E-state index in [9.17, 15) is 14.4 Å². The van der Waals surface area contributed by atoms with E-state index in [4.69, 9.17) is 16.3 Å². The number of nitrogens with one attached hydrogen (secondary N) is 2. The maximum atomic E-state index is 14.0. The van der Waals surface area contributed by atoms with Crippen molar-refractivity contribution in [1.82, 2.24) is 15.1 Å². The average molecular weight is 531 g/mol. The number of methoxy groups -OCH3 is 1. The topological polar surface area (TPSA) is 91.0 Å². The molecule has 2 atom stereocenters. The van der Waals surface area contributed by atoms with Crippen LogP contribution in [-0.4, -0.2) is 54.4 Å². The smallest absolute Gasteiger partial charge is 0.322 e. The molecule has 38 heavy (non-hydrogen) atoms. The van der Waals surface area contributed by atoms with Gasteiger partial charge in [-0.2, -0.15) is 0 Å². The fourth-order valence-corrected chi connectivity index (χ4v) is 5.11. The van der Waals surface area contributed by atoms with Crippen LogP contribution in [0.4, 0.5) is 10.5 Å². The predicted molar refractivity (Wildman–Crippen MR) is 145 cm³/mol. The molecular weight excluding hydrogens is 504 g/mol. The molecule has 4 amide bonds. The second-order valence-corrected chi connectivity index (χ2v) is 9.59. The molecule has 9 heteroatoms. The number of hydrogen-bond acceptors (Lipinski definition) is 4. The van der Waals surface area contributed by atoms with E-state index in [-0.39, 0.29) is 24.4 Å². The number of halogens is 1. The highest BCUT2D eigenvalue weighted by molar-refractivity contribution is 6.31. The van der Waals surface area contributed by atoms with Crippen LogP contribution in [-0.2, 0) is 16.0 Å². The predicted octanol–water partition coefficient (Wildman–Crippen LogP) is 4.39. The van der Waals surface area contributed by atoms with Crippen LogP contribution >= 0.6 is 11.6 Å². The third kappa shape index (κ3) is 4.82. The van der Waals surface area contributed by atoms with Gasteiger partial charge in [0.05, 0.1) is 31.0 Å². The summed E-state index contributed by atoms with van der Waals surface area (Å²) in [5.41, 5.74) is 3.08. The first-order valence-corrected chi connectivity index (χ1v) is 12.6. The minimum atomic E-state index is -0.826. The van der Waals surface area contributed by atoms with Crippen LogP contribution in [0.3, 0.4) is 0 Å². The first kappa shape index (κ1) is 25.4. The molecule has 0 saturated carbocycles. The first-order valence-electron chi connectivity index (χ1n) is 12.2. The van der Waals surface area contributed by atoms with Crippen LogP contribution in [0.5, 0.6) is 5.75 Å². The molecule has 2 aliphatic rings. The lowest BCUT2D eigenvalue weighted by Gasteiger charge is -2.31. The zero-order valence-corrected chi connectivity index (χ0v) is 21.7. The largest absolute Gasteiger partial charge is 0.497 e. The molecule has 8 nitrogen and oxygen atoms in total. The summed E-state index contributed by atoms with van der Waals surface area (Å²) in [5, 5.41) is 6.28. The van der Waals surface area contributed by atoms with Crippen molar-refractivity contribution in [2.45, 2.75) is 18.5 Å². The number of ether oxygens (including phenoxy) is 1. The zero-order chi connectivity index (χ0) is 26.8.